The van der Waals surface area contributed by atoms with Gasteiger partial charge in [-0.15, -0.1) is 0 Å². The van der Waals surface area contributed by atoms with Gasteiger partial charge in [-0.1, -0.05) is 207 Å². The van der Waals surface area contributed by atoms with Gasteiger partial charge in [-0.2, -0.15) is 0 Å². The first-order chi connectivity index (χ1) is 28.0. The molecule has 0 aromatic heterocycles. The molecule has 0 saturated heterocycles. The van der Waals surface area contributed by atoms with Gasteiger partial charge in [0.2, 0.25) is 5.91 Å². The molecule has 0 radical (unpaired) electrons. The number of aliphatic hydroxyl groups excluding tert-OH is 2. The summed E-state index contributed by atoms with van der Waals surface area (Å²) in [7, 11) is 0. The highest BCUT2D eigenvalue weighted by Crippen LogP contribution is 2.14. The fraction of sp³-hybridized carbons (Fsp3) is 0.608. The fourth-order valence-electron chi connectivity index (χ4n) is 6.03. The molecule has 0 bridgehead atoms. The number of allylic oxidation sites excluding steroid dienone is 17. The molecular weight excluding hydrogens is 707 g/mol. The van der Waals surface area contributed by atoms with Gasteiger partial charge in [0.15, 0.2) is 0 Å². The molecule has 57 heavy (non-hydrogen) atoms. The zero-order chi connectivity index (χ0) is 41.7. The van der Waals surface area contributed by atoms with E-state index in [1.165, 1.54) is 64.2 Å². The number of unbranched alkanes of at least 4 members (excludes halogenated alkanes) is 13. The molecule has 0 spiro atoms. The summed E-state index contributed by atoms with van der Waals surface area (Å²) in [5, 5.41) is 23.5. The summed E-state index contributed by atoms with van der Waals surface area (Å²) in [6.45, 7) is 6.22. The van der Waals surface area contributed by atoms with Crippen LogP contribution in [0.2, 0.25) is 0 Å². The van der Waals surface area contributed by atoms with E-state index >= 15 is 0 Å². The zero-order valence-corrected chi connectivity index (χ0v) is 36.4. The highest BCUT2D eigenvalue weighted by Gasteiger charge is 2.23. The SMILES string of the molecule is CC/C=C/C=C/C=C\C=C/C=C/CCCC(=O)OC(C/C=C\C/C=C\C/C=C\C/C=C\CCCCC)CC(=O)NC(CO)C(O)CCCCCCCCCCCC. The van der Waals surface area contributed by atoms with E-state index in [2.05, 4.69) is 68.6 Å². The van der Waals surface area contributed by atoms with E-state index < -0.39 is 18.2 Å². The lowest BCUT2D eigenvalue weighted by Gasteiger charge is -2.24. The molecule has 0 saturated carbocycles. The molecule has 6 heteroatoms. The molecule has 322 valence electrons. The Kier molecular flexibility index (Phi) is 41.0. The van der Waals surface area contributed by atoms with Crippen LogP contribution in [-0.4, -0.2) is 46.9 Å². The molecule has 0 aliphatic rings. The van der Waals surface area contributed by atoms with E-state index in [1.54, 1.807) is 0 Å². The Bertz CT molecular complexity index is 1200. The minimum absolute atomic E-state index is 0.0342. The monoisotopic (exact) mass is 790 g/mol. The average molecular weight is 790 g/mol. The number of amides is 1. The highest BCUT2D eigenvalue weighted by molar-refractivity contribution is 5.77. The largest absolute Gasteiger partial charge is 0.461 e. The lowest BCUT2D eigenvalue weighted by molar-refractivity contribution is -0.150. The predicted octanol–water partition coefficient (Wildman–Crippen LogP) is 13.2. The van der Waals surface area contributed by atoms with E-state index in [1.807, 2.05) is 66.8 Å². The molecule has 3 atom stereocenters. The minimum atomic E-state index is -0.828. The molecular formula is C51H83NO5. The van der Waals surface area contributed by atoms with Crippen LogP contribution in [0.25, 0.3) is 0 Å². The smallest absolute Gasteiger partial charge is 0.306 e. The third-order valence-electron chi connectivity index (χ3n) is 9.47. The third kappa shape index (κ3) is 39.1. The van der Waals surface area contributed by atoms with Gasteiger partial charge in [0.25, 0.3) is 0 Å². The van der Waals surface area contributed by atoms with Gasteiger partial charge in [0, 0.05) is 12.8 Å². The fourth-order valence-corrected chi connectivity index (χ4v) is 6.03. The minimum Gasteiger partial charge on any atom is -0.461 e. The molecule has 1 amide bonds. The second-order valence-corrected chi connectivity index (χ2v) is 14.8. The molecule has 3 unspecified atom stereocenters. The van der Waals surface area contributed by atoms with Crippen molar-refractivity contribution >= 4 is 11.9 Å². The number of hydrogen-bond acceptors (Lipinski definition) is 5. The Morgan fingerprint density at radius 2 is 1.05 bits per heavy atom. The van der Waals surface area contributed by atoms with Crippen molar-refractivity contribution < 1.29 is 24.5 Å². The van der Waals surface area contributed by atoms with Gasteiger partial charge in [-0.25, -0.2) is 0 Å². The maximum absolute atomic E-state index is 13.1. The van der Waals surface area contributed by atoms with Crippen LogP contribution in [0.3, 0.4) is 0 Å². The van der Waals surface area contributed by atoms with Crippen molar-refractivity contribution in [2.45, 2.75) is 193 Å². The summed E-state index contributed by atoms with van der Waals surface area (Å²) in [6.07, 6.45) is 58.8. The summed E-state index contributed by atoms with van der Waals surface area (Å²) in [5.74, 6) is -0.680. The molecule has 6 nitrogen and oxygen atoms in total. The second kappa shape index (κ2) is 43.6. The molecule has 0 heterocycles. The average Bonchev–Trinajstić information content (AvgIpc) is 3.20. The first-order valence-corrected chi connectivity index (χ1v) is 22.7. The van der Waals surface area contributed by atoms with Crippen LogP contribution < -0.4 is 5.32 Å². The van der Waals surface area contributed by atoms with Crippen LogP contribution in [0.1, 0.15) is 175 Å². The summed E-state index contributed by atoms with van der Waals surface area (Å²) in [4.78, 5) is 25.9. The second-order valence-electron chi connectivity index (χ2n) is 14.8. The van der Waals surface area contributed by atoms with Gasteiger partial charge < -0.3 is 20.3 Å². The summed E-state index contributed by atoms with van der Waals surface area (Å²) >= 11 is 0. The standard InChI is InChI=1S/C51H83NO5/c1-4-7-10-13-16-19-22-24-25-27-28-30-33-36-39-42-47(57-51(56)44-41-38-35-32-29-26-23-20-17-14-11-8-5-2)45-50(55)52-48(46-53)49(54)43-40-37-34-31-21-18-15-12-9-6-3/h8,11,14,16-17,19-20,23-26,28-30,32,35-36,39,47-49,53-54H,4-7,9-10,12-13,15,18,21-22,27,31,33-34,37-38,40-46H2,1-3H3,(H,52,55)/b11-8+,17-14+,19-16-,23-20-,25-24-,29-26-,30-28-,35-32+,39-36-. The van der Waals surface area contributed by atoms with Crippen LogP contribution in [0.4, 0.5) is 0 Å². The van der Waals surface area contributed by atoms with Crippen molar-refractivity contribution in [2.24, 2.45) is 0 Å². The maximum atomic E-state index is 13.1. The number of nitrogens with one attached hydrogen (secondary N) is 1. The number of carbonyl (C=O) groups is 2. The summed E-state index contributed by atoms with van der Waals surface area (Å²) in [5.41, 5.74) is 0. The van der Waals surface area contributed by atoms with E-state index in [-0.39, 0.29) is 31.3 Å². The summed E-state index contributed by atoms with van der Waals surface area (Å²) in [6, 6.07) is -0.750. The van der Waals surface area contributed by atoms with Crippen molar-refractivity contribution in [1.82, 2.24) is 5.32 Å². The maximum Gasteiger partial charge on any atom is 0.306 e. The van der Waals surface area contributed by atoms with Crippen LogP contribution >= 0.6 is 0 Å². The number of ether oxygens (including phenoxy) is 1. The first-order valence-electron chi connectivity index (χ1n) is 22.7. The van der Waals surface area contributed by atoms with Crippen molar-refractivity contribution in [3.63, 3.8) is 0 Å². The van der Waals surface area contributed by atoms with Crippen LogP contribution in [0.5, 0.6) is 0 Å². The lowest BCUT2D eigenvalue weighted by atomic mass is 10.0. The van der Waals surface area contributed by atoms with Gasteiger partial charge in [-0.3, -0.25) is 9.59 Å². The number of carbonyl (C=O) groups excluding carboxylic acids is 2. The molecule has 0 aliphatic heterocycles. The lowest BCUT2D eigenvalue weighted by Crippen LogP contribution is -2.46. The third-order valence-corrected chi connectivity index (χ3v) is 9.47. The quantitative estimate of drug-likeness (QED) is 0.0251. The van der Waals surface area contributed by atoms with E-state index in [9.17, 15) is 19.8 Å². The highest BCUT2D eigenvalue weighted by atomic mass is 16.5. The Balaban J connectivity index is 4.92. The van der Waals surface area contributed by atoms with Crippen LogP contribution in [0, 0.1) is 0 Å². The topological polar surface area (TPSA) is 95.9 Å². The number of esters is 1. The van der Waals surface area contributed by atoms with E-state index in [0.29, 0.717) is 19.3 Å². The number of rotatable bonds is 38. The van der Waals surface area contributed by atoms with Crippen molar-refractivity contribution in [3.05, 3.63) is 109 Å². The van der Waals surface area contributed by atoms with Crippen molar-refractivity contribution in [1.29, 1.82) is 0 Å². The molecule has 0 fully saturated rings. The molecule has 3 N–H and O–H groups in total. The predicted molar refractivity (Wildman–Crippen MR) is 245 cm³/mol. The van der Waals surface area contributed by atoms with Crippen molar-refractivity contribution in [3.8, 4) is 0 Å². The van der Waals surface area contributed by atoms with Gasteiger partial charge in [-0.05, 0) is 57.8 Å². The molecule has 0 aromatic carbocycles. The number of aliphatic hydroxyl groups is 2. The Labute approximate surface area is 349 Å². The Hall–Kier alpha value is -3.48. The van der Waals surface area contributed by atoms with Crippen LogP contribution in [0.15, 0.2) is 109 Å². The summed E-state index contributed by atoms with van der Waals surface area (Å²) < 4.78 is 5.79. The molecule has 0 aliphatic carbocycles. The Morgan fingerprint density at radius 3 is 1.63 bits per heavy atom. The Morgan fingerprint density at radius 1 is 0.561 bits per heavy atom. The van der Waals surface area contributed by atoms with Gasteiger partial charge in [0.1, 0.15) is 6.10 Å². The molecule has 0 rings (SSSR count). The van der Waals surface area contributed by atoms with Gasteiger partial charge in [0.05, 0.1) is 25.2 Å². The van der Waals surface area contributed by atoms with Gasteiger partial charge >= 0.3 is 5.97 Å². The first kappa shape index (κ1) is 53.5. The van der Waals surface area contributed by atoms with Crippen molar-refractivity contribution in [2.75, 3.05) is 6.61 Å². The normalized spacial score (nSPS) is 14.4. The van der Waals surface area contributed by atoms with Crippen LogP contribution in [-0.2, 0) is 14.3 Å². The van der Waals surface area contributed by atoms with E-state index in [0.717, 1.165) is 57.8 Å². The van der Waals surface area contributed by atoms with E-state index in [4.69, 9.17) is 4.74 Å². The zero-order valence-electron chi connectivity index (χ0n) is 36.4. The molecule has 0 aromatic rings. The number of hydrogen-bond donors (Lipinski definition) is 3.